The Balaban J connectivity index is 1.85. The quantitative estimate of drug-likeness (QED) is 0.620. The van der Waals surface area contributed by atoms with Crippen molar-refractivity contribution in [2.75, 3.05) is 13.2 Å². The van der Waals surface area contributed by atoms with Crippen molar-refractivity contribution in [2.24, 2.45) is 0 Å². The van der Waals surface area contributed by atoms with E-state index in [1.54, 1.807) is 24.3 Å². The fraction of sp³-hybridized carbons (Fsp3) is 0.118. The molecule has 0 N–H and O–H groups in total. The summed E-state index contributed by atoms with van der Waals surface area (Å²) in [6.07, 6.45) is 3.31. The molecule has 0 aromatic heterocycles. The standard InChI is InChI=1S/C17H13BrO3/c18-14-5-1-4-13(11-14)15(19)8-7-12-3-2-6-16-17(12)21-10-9-20-16/h1-8,11H,9-10H2/b8-7+. The number of fused-ring (bicyclic) bond motifs is 1. The zero-order valence-electron chi connectivity index (χ0n) is 11.2. The first-order chi connectivity index (χ1) is 10.2. The molecule has 0 amide bonds. The van der Waals surface area contributed by atoms with Crippen molar-refractivity contribution in [1.82, 2.24) is 0 Å². The molecule has 4 heteroatoms. The highest BCUT2D eigenvalue weighted by molar-refractivity contribution is 9.10. The molecule has 0 saturated heterocycles. The lowest BCUT2D eigenvalue weighted by molar-refractivity contribution is 0.104. The number of para-hydroxylation sites is 1. The Morgan fingerprint density at radius 3 is 2.76 bits per heavy atom. The molecule has 0 fully saturated rings. The van der Waals surface area contributed by atoms with Gasteiger partial charge in [0.1, 0.15) is 13.2 Å². The summed E-state index contributed by atoms with van der Waals surface area (Å²) < 4.78 is 12.0. The van der Waals surface area contributed by atoms with Crippen LogP contribution in [0.2, 0.25) is 0 Å². The number of ether oxygens (including phenoxy) is 2. The Labute approximate surface area is 131 Å². The maximum Gasteiger partial charge on any atom is 0.185 e. The molecule has 1 aliphatic heterocycles. The van der Waals surface area contributed by atoms with E-state index in [4.69, 9.17) is 9.47 Å². The minimum atomic E-state index is -0.0503. The van der Waals surface area contributed by atoms with Crippen LogP contribution in [0.1, 0.15) is 15.9 Å². The molecule has 1 heterocycles. The molecule has 0 bridgehead atoms. The van der Waals surface area contributed by atoms with Crippen LogP contribution >= 0.6 is 15.9 Å². The summed E-state index contributed by atoms with van der Waals surface area (Å²) in [7, 11) is 0. The predicted molar refractivity (Wildman–Crippen MR) is 84.9 cm³/mol. The number of hydrogen-bond donors (Lipinski definition) is 0. The summed E-state index contributed by atoms with van der Waals surface area (Å²) in [5.74, 6) is 1.37. The first-order valence-electron chi connectivity index (χ1n) is 6.60. The molecule has 3 nitrogen and oxygen atoms in total. The number of hydrogen-bond acceptors (Lipinski definition) is 3. The van der Waals surface area contributed by atoms with Gasteiger partial charge in [-0.2, -0.15) is 0 Å². The topological polar surface area (TPSA) is 35.5 Å². The van der Waals surface area contributed by atoms with Gasteiger partial charge >= 0.3 is 0 Å². The van der Waals surface area contributed by atoms with Crippen molar-refractivity contribution in [2.45, 2.75) is 0 Å². The SMILES string of the molecule is O=C(/C=C/c1cccc2c1OCCO2)c1cccc(Br)c1. The van der Waals surface area contributed by atoms with Crippen LogP contribution < -0.4 is 9.47 Å². The molecule has 2 aromatic rings. The van der Waals surface area contributed by atoms with E-state index in [-0.39, 0.29) is 5.78 Å². The Bertz CT molecular complexity index is 707. The van der Waals surface area contributed by atoms with Crippen molar-refractivity contribution in [1.29, 1.82) is 0 Å². The molecule has 2 aromatic carbocycles. The molecule has 1 aliphatic rings. The van der Waals surface area contributed by atoms with E-state index in [1.807, 2.05) is 30.3 Å². The number of benzene rings is 2. The smallest absolute Gasteiger partial charge is 0.185 e. The second kappa shape index (κ2) is 6.14. The summed E-state index contributed by atoms with van der Waals surface area (Å²) in [4.78, 5) is 12.2. The number of carbonyl (C=O) groups is 1. The molecular weight excluding hydrogens is 332 g/mol. The van der Waals surface area contributed by atoms with E-state index in [0.29, 0.717) is 24.5 Å². The number of halogens is 1. The largest absolute Gasteiger partial charge is 0.486 e. The van der Waals surface area contributed by atoms with Crippen molar-refractivity contribution in [3.8, 4) is 11.5 Å². The van der Waals surface area contributed by atoms with Gasteiger partial charge in [-0.3, -0.25) is 4.79 Å². The van der Waals surface area contributed by atoms with Gasteiger partial charge in [0.05, 0.1) is 0 Å². The molecule has 106 valence electrons. The number of carbonyl (C=O) groups excluding carboxylic acids is 1. The Hall–Kier alpha value is -2.07. The third-order valence-electron chi connectivity index (χ3n) is 3.12. The highest BCUT2D eigenvalue weighted by Gasteiger charge is 2.14. The molecule has 0 spiro atoms. The van der Waals surface area contributed by atoms with Crippen LogP contribution in [-0.2, 0) is 0 Å². The minimum absolute atomic E-state index is 0.0503. The molecule has 0 unspecified atom stereocenters. The van der Waals surface area contributed by atoms with Crippen LogP contribution in [0.3, 0.4) is 0 Å². The molecule has 3 rings (SSSR count). The predicted octanol–water partition coefficient (Wildman–Crippen LogP) is 4.12. The maximum absolute atomic E-state index is 12.2. The zero-order chi connectivity index (χ0) is 14.7. The third kappa shape index (κ3) is 3.16. The van der Waals surface area contributed by atoms with Crippen molar-refractivity contribution < 1.29 is 14.3 Å². The van der Waals surface area contributed by atoms with E-state index in [2.05, 4.69) is 15.9 Å². The monoisotopic (exact) mass is 344 g/mol. The number of allylic oxidation sites excluding steroid dienone is 1. The molecule has 0 atom stereocenters. The zero-order valence-corrected chi connectivity index (χ0v) is 12.8. The summed E-state index contributed by atoms with van der Waals surface area (Å²) in [6, 6.07) is 13.0. The van der Waals surface area contributed by atoms with Gasteiger partial charge in [0.2, 0.25) is 0 Å². The Morgan fingerprint density at radius 1 is 1.10 bits per heavy atom. The lowest BCUT2D eigenvalue weighted by atomic mass is 10.1. The van der Waals surface area contributed by atoms with Crippen molar-refractivity contribution in [3.05, 3.63) is 64.1 Å². The molecule has 0 radical (unpaired) electrons. The second-order valence-corrected chi connectivity index (χ2v) is 5.50. The fourth-order valence-electron chi connectivity index (χ4n) is 2.13. The van der Waals surface area contributed by atoms with Gasteiger partial charge in [0.25, 0.3) is 0 Å². The van der Waals surface area contributed by atoms with Gasteiger partial charge < -0.3 is 9.47 Å². The fourth-order valence-corrected chi connectivity index (χ4v) is 2.53. The van der Waals surface area contributed by atoms with Gasteiger partial charge in [0, 0.05) is 15.6 Å². The summed E-state index contributed by atoms with van der Waals surface area (Å²) in [6.45, 7) is 1.08. The van der Waals surface area contributed by atoms with Gasteiger partial charge in [-0.25, -0.2) is 0 Å². The first kappa shape index (κ1) is 13.9. The molecule has 0 aliphatic carbocycles. The number of ketones is 1. The van der Waals surface area contributed by atoms with Gasteiger partial charge in [-0.1, -0.05) is 40.2 Å². The lowest BCUT2D eigenvalue weighted by Gasteiger charge is -2.19. The minimum Gasteiger partial charge on any atom is -0.486 e. The normalized spacial score (nSPS) is 13.4. The van der Waals surface area contributed by atoms with Crippen LogP contribution in [0.5, 0.6) is 11.5 Å². The summed E-state index contributed by atoms with van der Waals surface area (Å²) in [5, 5.41) is 0. The Kier molecular flexibility index (Phi) is 4.06. The average molecular weight is 345 g/mol. The van der Waals surface area contributed by atoms with Crippen LogP contribution in [0.25, 0.3) is 6.08 Å². The van der Waals surface area contributed by atoms with Crippen LogP contribution in [0.15, 0.2) is 53.0 Å². The highest BCUT2D eigenvalue weighted by atomic mass is 79.9. The molecule has 21 heavy (non-hydrogen) atoms. The maximum atomic E-state index is 12.2. The third-order valence-corrected chi connectivity index (χ3v) is 3.61. The highest BCUT2D eigenvalue weighted by Crippen LogP contribution is 2.34. The second-order valence-electron chi connectivity index (χ2n) is 4.58. The summed E-state index contributed by atoms with van der Waals surface area (Å²) >= 11 is 3.36. The van der Waals surface area contributed by atoms with Crippen molar-refractivity contribution in [3.63, 3.8) is 0 Å². The summed E-state index contributed by atoms with van der Waals surface area (Å²) in [5.41, 5.74) is 1.48. The van der Waals surface area contributed by atoms with E-state index < -0.39 is 0 Å². The van der Waals surface area contributed by atoms with Gasteiger partial charge in [-0.05, 0) is 30.4 Å². The lowest BCUT2D eigenvalue weighted by Crippen LogP contribution is -2.15. The van der Waals surface area contributed by atoms with E-state index >= 15 is 0 Å². The van der Waals surface area contributed by atoms with E-state index in [1.165, 1.54) is 0 Å². The number of rotatable bonds is 3. The molecule has 0 saturated carbocycles. The van der Waals surface area contributed by atoms with Crippen LogP contribution in [0, 0.1) is 0 Å². The molecular formula is C17H13BrO3. The van der Waals surface area contributed by atoms with E-state index in [0.717, 1.165) is 15.8 Å². The van der Waals surface area contributed by atoms with Crippen molar-refractivity contribution >= 4 is 27.8 Å². The average Bonchev–Trinajstić information content (AvgIpc) is 2.52. The van der Waals surface area contributed by atoms with E-state index in [9.17, 15) is 4.79 Å². The first-order valence-corrected chi connectivity index (χ1v) is 7.40. The Morgan fingerprint density at radius 2 is 1.90 bits per heavy atom. The van der Waals surface area contributed by atoms with Crippen LogP contribution in [-0.4, -0.2) is 19.0 Å². The van der Waals surface area contributed by atoms with Gasteiger partial charge in [0.15, 0.2) is 17.3 Å². The van der Waals surface area contributed by atoms with Gasteiger partial charge in [-0.15, -0.1) is 0 Å². The van der Waals surface area contributed by atoms with Crippen LogP contribution in [0.4, 0.5) is 0 Å².